The Morgan fingerprint density at radius 2 is 1.92 bits per heavy atom. The number of oxazole rings is 1. The highest BCUT2D eigenvalue weighted by Gasteiger charge is 2.14. The highest BCUT2D eigenvalue weighted by molar-refractivity contribution is 5.94. The van der Waals surface area contributed by atoms with Crippen LogP contribution in [-0.2, 0) is 6.42 Å². The fraction of sp³-hybridized carbons (Fsp3) is 0.200. The molecule has 0 aliphatic heterocycles. The molecule has 0 atom stereocenters. The second kappa shape index (κ2) is 7.30. The van der Waals surface area contributed by atoms with Crippen molar-refractivity contribution in [2.45, 2.75) is 20.3 Å². The van der Waals surface area contributed by atoms with Gasteiger partial charge in [0.05, 0.1) is 11.3 Å². The van der Waals surface area contributed by atoms with Gasteiger partial charge >= 0.3 is 0 Å². The average molecular weight is 338 g/mol. The SMILES string of the molecule is Cc1ccc(C(=O)NCCc2nc(-c3ccccc3)oc2C)c(F)c1. The summed E-state index contributed by atoms with van der Waals surface area (Å²) in [7, 11) is 0. The first-order valence-electron chi connectivity index (χ1n) is 8.10. The number of aryl methyl sites for hydroxylation is 2. The number of halogens is 1. The maximum absolute atomic E-state index is 13.8. The summed E-state index contributed by atoms with van der Waals surface area (Å²) >= 11 is 0. The van der Waals surface area contributed by atoms with Crippen LogP contribution in [-0.4, -0.2) is 17.4 Å². The Labute approximate surface area is 145 Å². The summed E-state index contributed by atoms with van der Waals surface area (Å²) < 4.78 is 19.5. The molecule has 1 aromatic heterocycles. The second-order valence-corrected chi connectivity index (χ2v) is 5.88. The predicted molar refractivity (Wildman–Crippen MR) is 93.9 cm³/mol. The maximum atomic E-state index is 13.8. The van der Waals surface area contributed by atoms with Gasteiger partial charge in [0.1, 0.15) is 11.6 Å². The zero-order valence-corrected chi connectivity index (χ0v) is 14.2. The van der Waals surface area contributed by atoms with E-state index in [9.17, 15) is 9.18 Å². The van der Waals surface area contributed by atoms with Crippen LogP contribution in [0.1, 0.15) is 27.4 Å². The van der Waals surface area contributed by atoms with Gasteiger partial charge in [0.25, 0.3) is 5.91 Å². The molecule has 0 fully saturated rings. The molecule has 0 aliphatic rings. The summed E-state index contributed by atoms with van der Waals surface area (Å²) in [5.41, 5.74) is 2.51. The molecule has 0 spiro atoms. The minimum atomic E-state index is -0.513. The smallest absolute Gasteiger partial charge is 0.254 e. The second-order valence-electron chi connectivity index (χ2n) is 5.88. The van der Waals surface area contributed by atoms with E-state index in [0.717, 1.165) is 22.6 Å². The van der Waals surface area contributed by atoms with Gasteiger partial charge in [-0.2, -0.15) is 0 Å². The average Bonchev–Trinajstić information content (AvgIpc) is 2.96. The molecule has 1 amide bonds. The molecule has 1 N–H and O–H groups in total. The summed E-state index contributed by atoms with van der Waals surface area (Å²) in [4.78, 5) is 16.6. The quantitative estimate of drug-likeness (QED) is 0.763. The fourth-order valence-electron chi connectivity index (χ4n) is 2.56. The molecule has 3 rings (SSSR count). The van der Waals surface area contributed by atoms with Gasteiger partial charge in [0.2, 0.25) is 5.89 Å². The van der Waals surface area contributed by atoms with Gasteiger partial charge in [0.15, 0.2) is 0 Å². The zero-order chi connectivity index (χ0) is 17.8. The number of hydrogen-bond donors (Lipinski definition) is 1. The van der Waals surface area contributed by atoms with E-state index in [2.05, 4.69) is 10.3 Å². The van der Waals surface area contributed by atoms with Crippen LogP contribution in [0.25, 0.3) is 11.5 Å². The third-order valence-electron chi connectivity index (χ3n) is 3.93. The molecular weight excluding hydrogens is 319 g/mol. The standard InChI is InChI=1S/C20H19FN2O2/c1-13-8-9-16(17(21)12-13)19(24)22-11-10-18-14(2)25-20(23-18)15-6-4-3-5-7-15/h3-9,12H,10-11H2,1-2H3,(H,22,24). The largest absolute Gasteiger partial charge is 0.441 e. The number of benzene rings is 2. The molecule has 0 bridgehead atoms. The van der Waals surface area contributed by atoms with Crippen molar-refractivity contribution >= 4 is 5.91 Å². The minimum Gasteiger partial charge on any atom is -0.441 e. The first kappa shape index (κ1) is 16.9. The zero-order valence-electron chi connectivity index (χ0n) is 14.2. The molecule has 5 heteroatoms. The fourth-order valence-corrected chi connectivity index (χ4v) is 2.56. The van der Waals surface area contributed by atoms with Crippen LogP contribution in [0, 0.1) is 19.7 Å². The highest BCUT2D eigenvalue weighted by atomic mass is 19.1. The molecular formula is C20H19FN2O2. The molecule has 128 valence electrons. The summed E-state index contributed by atoms with van der Waals surface area (Å²) in [5.74, 6) is 0.335. The monoisotopic (exact) mass is 338 g/mol. The number of hydrogen-bond acceptors (Lipinski definition) is 3. The van der Waals surface area contributed by atoms with E-state index < -0.39 is 11.7 Å². The van der Waals surface area contributed by atoms with Crippen molar-refractivity contribution in [1.82, 2.24) is 10.3 Å². The van der Waals surface area contributed by atoms with E-state index in [1.165, 1.54) is 12.1 Å². The number of amides is 1. The molecule has 0 saturated carbocycles. The van der Waals surface area contributed by atoms with Gasteiger partial charge in [-0.05, 0) is 43.7 Å². The van der Waals surface area contributed by atoms with Gasteiger partial charge in [-0.15, -0.1) is 0 Å². The van der Waals surface area contributed by atoms with Gasteiger partial charge in [-0.1, -0.05) is 24.3 Å². The predicted octanol–water partition coefficient (Wildman–Crippen LogP) is 4.07. The Hall–Kier alpha value is -2.95. The number of aromatic nitrogens is 1. The number of carbonyl (C=O) groups excluding carboxylic acids is 1. The van der Waals surface area contributed by atoms with Gasteiger partial charge in [0, 0.05) is 18.5 Å². The molecule has 0 aliphatic carbocycles. The van der Waals surface area contributed by atoms with Crippen LogP contribution >= 0.6 is 0 Å². The lowest BCUT2D eigenvalue weighted by Crippen LogP contribution is -2.26. The van der Waals surface area contributed by atoms with E-state index in [1.807, 2.05) is 37.3 Å². The van der Waals surface area contributed by atoms with E-state index in [1.54, 1.807) is 13.0 Å². The maximum Gasteiger partial charge on any atom is 0.254 e. The van der Waals surface area contributed by atoms with Crippen molar-refractivity contribution in [2.75, 3.05) is 6.54 Å². The van der Waals surface area contributed by atoms with Crippen molar-refractivity contribution in [2.24, 2.45) is 0 Å². The van der Waals surface area contributed by atoms with Crippen LogP contribution in [0.4, 0.5) is 4.39 Å². The van der Waals surface area contributed by atoms with Gasteiger partial charge in [-0.3, -0.25) is 4.79 Å². The molecule has 1 heterocycles. The van der Waals surface area contributed by atoms with Crippen LogP contribution in [0.2, 0.25) is 0 Å². The lowest BCUT2D eigenvalue weighted by atomic mass is 10.1. The van der Waals surface area contributed by atoms with Crippen LogP contribution < -0.4 is 5.32 Å². The Morgan fingerprint density at radius 3 is 2.64 bits per heavy atom. The Bertz CT molecular complexity index is 888. The van der Waals surface area contributed by atoms with Crippen molar-refractivity contribution in [1.29, 1.82) is 0 Å². The van der Waals surface area contributed by atoms with Crippen molar-refractivity contribution in [3.8, 4) is 11.5 Å². The Balaban J connectivity index is 1.62. The number of carbonyl (C=O) groups is 1. The summed E-state index contributed by atoms with van der Waals surface area (Å²) in [5, 5.41) is 2.72. The van der Waals surface area contributed by atoms with Crippen molar-refractivity contribution in [3.05, 3.63) is 76.9 Å². The van der Waals surface area contributed by atoms with Crippen LogP contribution in [0.15, 0.2) is 52.9 Å². The first-order chi connectivity index (χ1) is 12.0. The number of nitrogens with one attached hydrogen (secondary N) is 1. The summed E-state index contributed by atoms with van der Waals surface area (Å²) in [6.45, 7) is 3.98. The van der Waals surface area contributed by atoms with Gasteiger partial charge < -0.3 is 9.73 Å². The van der Waals surface area contributed by atoms with Gasteiger partial charge in [-0.25, -0.2) is 9.37 Å². The molecule has 2 aromatic carbocycles. The lowest BCUT2D eigenvalue weighted by molar-refractivity contribution is 0.0950. The molecule has 25 heavy (non-hydrogen) atoms. The third kappa shape index (κ3) is 3.94. The lowest BCUT2D eigenvalue weighted by Gasteiger charge is -2.06. The van der Waals surface area contributed by atoms with E-state index in [4.69, 9.17) is 4.42 Å². The van der Waals surface area contributed by atoms with Crippen LogP contribution in [0.3, 0.4) is 0 Å². The highest BCUT2D eigenvalue weighted by Crippen LogP contribution is 2.21. The summed E-state index contributed by atoms with van der Waals surface area (Å²) in [6, 6.07) is 14.2. The summed E-state index contributed by atoms with van der Waals surface area (Å²) in [6.07, 6.45) is 0.515. The molecule has 0 unspecified atom stereocenters. The number of nitrogens with zero attached hydrogens (tertiary/aromatic N) is 1. The topological polar surface area (TPSA) is 55.1 Å². The first-order valence-corrected chi connectivity index (χ1v) is 8.10. The molecule has 3 aromatic rings. The Morgan fingerprint density at radius 1 is 1.16 bits per heavy atom. The van der Waals surface area contributed by atoms with E-state index >= 15 is 0 Å². The normalized spacial score (nSPS) is 10.7. The van der Waals surface area contributed by atoms with E-state index in [-0.39, 0.29) is 5.56 Å². The van der Waals surface area contributed by atoms with Crippen molar-refractivity contribution < 1.29 is 13.6 Å². The molecule has 0 saturated heterocycles. The number of rotatable bonds is 5. The Kier molecular flexibility index (Phi) is 4.93. The minimum absolute atomic E-state index is 0.0486. The van der Waals surface area contributed by atoms with Crippen LogP contribution in [0.5, 0.6) is 0 Å². The van der Waals surface area contributed by atoms with E-state index in [0.29, 0.717) is 18.9 Å². The third-order valence-corrected chi connectivity index (χ3v) is 3.93. The molecule has 4 nitrogen and oxygen atoms in total. The van der Waals surface area contributed by atoms with Crippen molar-refractivity contribution in [3.63, 3.8) is 0 Å². The molecule has 0 radical (unpaired) electrons.